The highest BCUT2D eigenvalue weighted by Gasteiger charge is 2.70. The van der Waals surface area contributed by atoms with Crippen molar-refractivity contribution in [3.05, 3.63) is 64.7 Å². The lowest BCUT2D eigenvalue weighted by molar-refractivity contribution is -0.143. The van der Waals surface area contributed by atoms with E-state index in [1.165, 1.54) is 4.90 Å². The summed E-state index contributed by atoms with van der Waals surface area (Å²) >= 11 is 0. The van der Waals surface area contributed by atoms with Crippen molar-refractivity contribution in [3.8, 4) is 0 Å². The summed E-state index contributed by atoms with van der Waals surface area (Å²) in [6.45, 7) is 4.38. The van der Waals surface area contributed by atoms with Gasteiger partial charge in [0.1, 0.15) is 5.54 Å². The third-order valence-corrected chi connectivity index (χ3v) is 7.07. The normalized spacial score (nSPS) is 28.4. The fraction of sp³-hybridized carbons (Fsp3) is 0.400. The number of aryl methyl sites for hydroxylation is 2. The third-order valence-electron chi connectivity index (χ3n) is 7.07. The van der Waals surface area contributed by atoms with E-state index in [-0.39, 0.29) is 36.9 Å². The molecular formula is C25H27N3O4. The Morgan fingerprint density at radius 3 is 2.53 bits per heavy atom. The van der Waals surface area contributed by atoms with Gasteiger partial charge in [0, 0.05) is 24.4 Å². The van der Waals surface area contributed by atoms with Crippen LogP contribution in [0, 0.1) is 25.7 Å². The van der Waals surface area contributed by atoms with Crippen molar-refractivity contribution in [2.75, 3.05) is 25.6 Å². The molecule has 5 rings (SSSR count). The van der Waals surface area contributed by atoms with Gasteiger partial charge in [0.2, 0.25) is 17.7 Å². The van der Waals surface area contributed by atoms with Gasteiger partial charge in [-0.1, -0.05) is 48.0 Å². The number of ether oxygens (including phenoxy) is 1. The van der Waals surface area contributed by atoms with Crippen LogP contribution in [-0.4, -0.2) is 48.9 Å². The Morgan fingerprint density at radius 1 is 1.06 bits per heavy atom. The Labute approximate surface area is 187 Å². The summed E-state index contributed by atoms with van der Waals surface area (Å²) in [5.41, 5.74) is 3.25. The number of likely N-dealkylation sites (tertiary alicyclic amines) is 1. The number of methoxy groups -OCH3 is 1. The van der Waals surface area contributed by atoms with Crippen LogP contribution in [0.3, 0.4) is 0 Å². The van der Waals surface area contributed by atoms with Crippen LogP contribution in [0.1, 0.15) is 22.3 Å². The van der Waals surface area contributed by atoms with Gasteiger partial charge in [-0.05, 0) is 31.4 Å². The van der Waals surface area contributed by atoms with E-state index in [2.05, 4.69) is 10.6 Å². The van der Waals surface area contributed by atoms with Crippen molar-refractivity contribution in [3.63, 3.8) is 0 Å². The SMILES string of the molecule is COCCN1C(=O)[C@H]2[C@@H](C1=O)[C@@]1(N[C@@H]2Cc2ccccc2)C(=O)Nc2c(C)cc(C)cc21. The molecule has 32 heavy (non-hydrogen) atoms. The summed E-state index contributed by atoms with van der Waals surface area (Å²) in [5.74, 6) is -2.20. The molecule has 2 aromatic rings. The largest absolute Gasteiger partial charge is 0.383 e. The minimum absolute atomic E-state index is 0.191. The first-order valence-corrected chi connectivity index (χ1v) is 11.0. The number of anilines is 1. The third kappa shape index (κ3) is 2.84. The lowest BCUT2D eigenvalue weighted by atomic mass is 9.75. The second-order valence-corrected chi connectivity index (χ2v) is 9.03. The Kier molecular flexibility index (Phi) is 4.91. The topological polar surface area (TPSA) is 87.7 Å². The quantitative estimate of drug-likeness (QED) is 0.704. The van der Waals surface area contributed by atoms with Gasteiger partial charge in [0.15, 0.2) is 0 Å². The molecule has 1 spiro atoms. The molecule has 0 radical (unpaired) electrons. The van der Waals surface area contributed by atoms with E-state index in [9.17, 15) is 14.4 Å². The van der Waals surface area contributed by atoms with E-state index in [4.69, 9.17) is 4.74 Å². The summed E-state index contributed by atoms with van der Waals surface area (Å²) < 4.78 is 5.13. The van der Waals surface area contributed by atoms with Crippen molar-refractivity contribution >= 4 is 23.4 Å². The predicted octanol–water partition coefficient (Wildman–Crippen LogP) is 1.91. The van der Waals surface area contributed by atoms with Crippen LogP contribution in [0.15, 0.2) is 42.5 Å². The monoisotopic (exact) mass is 433 g/mol. The van der Waals surface area contributed by atoms with Crippen molar-refractivity contribution in [1.29, 1.82) is 0 Å². The molecule has 2 fully saturated rings. The number of nitrogens with one attached hydrogen (secondary N) is 2. The smallest absolute Gasteiger partial charge is 0.250 e. The van der Waals surface area contributed by atoms with Crippen molar-refractivity contribution < 1.29 is 19.1 Å². The first-order chi connectivity index (χ1) is 15.4. The molecule has 3 heterocycles. The fourth-order valence-electron chi connectivity index (χ4n) is 5.76. The molecule has 166 valence electrons. The number of hydrogen-bond acceptors (Lipinski definition) is 5. The maximum Gasteiger partial charge on any atom is 0.250 e. The van der Waals surface area contributed by atoms with Crippen molar-refractivity contribution in [1.82, 2.24) is 10.2 Å². The second-order valence-electron chi connectivity index (χ2n) is 9.03. The minimum atomic E-state index is -1.26. The van der Waals surface area contributed by atoms with E-state index >= 15 is 0 Å². The second kappa shape index (κ2) is 7.53. The van der Waals surface area contributed by atoms with Crippen LogP contribution in [-0.2, 0) is 31.1 Å². The average molecular weight is 434 g/mol. The first kappa shape index (κ1) is 20.8. The Morgan fingerprint density at radius 2 is 1.81 bits per heavy atom. The molecule has 2 aromatic carbocycles. The average Bonchev–Trinajstić information content (AvgIpc) is 3.33. The Hall–Kier alpha value is -3.03. The number of carbonyl (C=O) groups excluding carboxylic acids is 3. The number of imide groups is 1. The number of nitrogens with zero attached hydrogens (tertiary/aromatic N) is 1. The minimum Gasteiger partial charge on any atom is -0.383 e. The molecule has 7 nitrogen and oxygen atoms in total. The molecule has 3 amide bonds. The fourth-order valence-corrected chi connectivity index (χ4v) is 5.76. The zero-order valence-electron chi connectivity index (χ0n) is 18.5. The summed E-state index contributed by atoms with van der Waals surface area (Å²) in [4.78, 5) is 41.9. The van der Waals surface area contributed by atoms with Crippen molar-refractivity contribution in [2.45, 2.75) is 31.8 Å². The molecule has 2 saturated heterocycles. The molecule has 2 N–H and O–H groups in total. The molecule has 3 aliphatic rings. The molecule has 0 aliphatic carbocycles. The van der Waals surface area contributed by atoms with Gasteiger partial charge in [-0.15, -0.1) is 0 Å². The van der Waals surface area contributed by atoms with Gasteiger partial charge >= 0.3 is 0 Å². The highest BCUT2D eigenvalue weighted by Crippen LogP contribution is 2.54. The lowest BCUT2D eigenvalue weighted by Gasteiger charge is -2.30. The summed E-state index contributed by atoms with van der Waals surface area (Å²) in [5, 5.41) is 6.51. The number of hydrogen-bond donors (Lipinski definition) is 2. The molecule has 0 bridgehead atoms. The molecule has 4 atom stereocenters. The zero-order chi connectivity index (χ0) is 22.6. The van der Waals surface area contributed by atoms with Crippen LogP contribution < -0.4 is 10.6 Å². The Bertz CT molecular complexity index is 1120. The Balaban J connectivity index is 1.64. The van der Waals surface area contributed by atoms with Crippen LogP contribution in [0.25, 0.3) is 0 Å². The van der Waals surface area contributed by atoms with E-state index in [0.29, 0.717) is 6.42 Å². The van der Waals surface area contributed by atoms with Crippen molar-refractivity contribution in [2.24, 2.45) is 11.8 Å². The van der Waals surface area contributed by atoms with Gasteiger partial charge in [-0.3, -0.25) is 24.6 Å². The number of benzene rings is 2. The van der Waals surface area contributed by atoms with E-state index in [1.807, 2.05) is 56.3 Å². The molecule has 0 saturated carbocycles. The van der Waals surface area contributed by atoms with Crippen LogP contribution >= 0.6 is 0 Å². The zero-order valence-corrected chi connectivity index (χ0v) is 18.5. The predicted molar refractivity (Wildman–Crippen MR) is 119 cm³/mol. The summed E-state index contributed by atoms with van der Waals surface area (Å²) in [7, 11) is 1.54. The molecule has 0 unspecified atom stereocenters. The summed E-state index contributed by atoms with van der Waals surface area (Å²) in [6.07, 6.45) is 0.550. The lowest BCUT2D eigenvalue weighted by Crippen LogP contribution is -2.53. The molecule has 3 aliphatic heterocycles. The van der Waals surface area contributed by atoms with Crippen LogP contribution in [0.4, 0.5) is 5.69 Å². The van der Waals surface area contributed by atoms with Gasteiger partial charge in [-0.25, -0.2) is 0 Å². The molecule has 0 aromatic heterocycles. The summed E-state index contributed by atoms with van der Waals surface area (Å²) in [6, 6.07) is 13.5. The van der Waals surface area contributed by atoms with Crippen LogP contribution in [0.2, 0.25) is 0 Å². The van der Waals surface area contributed by atoms with Crippen LogP contribution in [0.5, 0.6) is 0 Å². The maximum atomic E-state index is 13.6. The van der Waals surface area contributed by atoms with Gasteiger partial charge in [0.05, 0.1) is 25.0 Å². The van der Waals surface area contributed by atoms with E-state index < -0.39 is 17.4 Å². The highest BCUT2D eigenvalue weighted by atomic mass is 16.5. The molecule has 7 heteroatoms. The number of fused-ring (bicyclic) bond motifs is 4. The van der Waals surface area contributed by atoms with Gasteiger partial charge in [0.25, 0.3) is 0 Å². The molecular weight excluding hydrogens is 406 g/mol. The number of rotatable bonds is 5. The first-order valence-electron chi connectivity index (χ1n) is 11.0. The standard InChI is InChI=1S/C25H27N3O4/c1-14-11-15(2)21-17(12-14)25(24(31)26-21)20-19(22(29)28(23(20)30)9-10-32-3)18(27-25)13-16-7-5-4-6-8-16/h4-8,11-12,18-20,27H,9-10,13H2,1-3H3,(H,26,31)/t18-,19-,20+,25-/m1/s1. The van der Waals surface area contributed by atoms with Gasteiger partial charge < -0.3 is 10.1 Å². The van der Waals surface area contributed by atoms with E-state index in [0.717, 1.165) is 27.9 Å². The number of carbonyl (C=O) groups is 3. The maximum absolute atomic E-state index is 13.6. The highest BCUT2D eigenvalue weighted by molar-refractivity contribution is 6.15. The number of amides is 3. The van der Waals surface area contributed by atoms with Gasteiger partial charge in [-0.2, -0.15) is 0 Å². The van der Waals surface area contributed by atoms with E-state index in [1.54, 1.807) is 7.11 Å².